The van der Waals surface area contributed by atoms with Crippen LogP contribution in [-0.2, 0) is 9.53 Å². The number of nitriles is 1. The van der Waals surface area contributed by atoms with Crippen LogP contribution in [0.4, 0.5) is 11.4 Å². The second kappa shape index (κ2) is 8.90. The van der Waals surface area contributed by atoms with Crippen molar-refractivity contribution in [2.75, 3.05) is 38.2 Å². The Morgan fingerprint density at radius 1 is 1.24 bits per heavy atom. The fraction of sp³-hybridized carbons (Fsp3) is 0.300. The SMILES string of the molecule is COC(=O)C(c1ccccc1Cl)N1CCN(c2ccc(C#N)cc2[N+](=O)[O-])CC1. The highest BCUT2D eigenvalue weighted by atomic mass is 35.5. The van der Waals surface area contributed by atoms with Gasteiger partial charge in [-0.3, -0.25) is 15.0 Å². The predicted octanol–water partition coefficient (Wildman–Crippen LogP) is 3.16. The molecule has 8 nitrogen and oxygen atoms in total. The molecule has 1 unspecified atom stereocenters. The molecule has 1 aliphatic rings. The number of rotatable bonds is 5. The summed E-state index contributed by atoms with van der Waals surface area (Å²) in [5.41, 5.74) is 1.26. The second-order valence-electron chi connectivity index (χ2n) is 6.54. The number of carbonyl (C=O) groups is 1. The number of hydrogen-bond donors (Lipinski definition) is 0. The molecule has 1 saturated heterocycles. The van der Waals surface area contributed by atoms with Crippen LogP contribution in [0.15, 0.2) is 42.5 Å². The molecule has 1 atom stereocenters. The summed E-state index contributed by atoms with van der Waals surface area (Å²) < 4.78 is 4.99. The van der Waals surface area contributed by atoms with Gasteiger partial charge in [-0.2, -0.15) is 5.26 Å². The average Bonchev–Trinajstić information content (AvgIpc) is 2.75. The Morgan fingerprint density at radius 3 is 2.52 bits per heavy atom. The van der Waals surface area contributed by atoms with E-state index >= 15 is 0 Å². The Bertz CT molecular complexity index is 967. The van der Waals surface area contributed by atoms with Crippen LogP contribution < -0.4 is 4.90 Å². The van der Waals surface area contributed by atoms with Crippen LogP contribution in [0, 0.1) is 21.4 Å². The summed E-state index contributed by atoms with van der Waals surface area (Å²) in [7, 11) is 1.34. The quantitative estimate of drug-likeness (QED) is 0.421. The largest absolute Gasteiger partial charge is 0.468 e. The Labute approximate surface area is 173 Å². The first-order chi connectivity index (χ1) is 14.0. The molecule has 0 amide bonds. The maximum absolute atomic E-state index is 12.5. The van der Waals surface area contributed by atoms with Crippen molar-refractivity contribution in [3.8, 4) is 6.07 Å². The van der Waals surface area contributed by atoms with Crippen LogP contribution in [-0.4, -0.2) is 49.1 Å². The smallest absolute Gasteiger partial charge is 0.327 e. The summed E-state index contributed by atoms with van der Waals surface area (Å²) in [5, 5.41) is 20.9. The van der Waals surface area contributed by atoms with Crippen LogP contribution >= 0.6 is 11.6 Å². The number of carbonyl (C=O) groups excluding carboxylic acids is 1. The standard InChI is InChI=1S/C20H19ClN4O4/c1-29-20(26)19(15-4-2-3-5-16(15)21)24-10-8-23(9-11-24)17-7-6-14(13-22)12-18(17)25(27)28/h2-7,12,19H,8-11H2,1H3. The van der Waals surface area contributed by atoms with Gasteiger partial charge in [-0.25, -0.2) is 4.79 Å². The van der Waals surface area contributed by atoms with Gasteiger partial charge >= 0.3 is 5.97 Å². The minimum atomic E-state index is -0.646. The zero-order valence-corrected chi connectivity index (χ0v) is 16.5. The highest BCUT2D eigenvalue weighted by molar-refractivity contribution is 6.31. The molecule has 0 saturated carbocycles. The third-order valence-corrected chi connectivity index (χ3v) is 5.29. The lowest BCUT2D eigenvalue weighted by molar-refractivity contribution is -0.384. The van der Waals surface area contributed by atoms with Crippen LogP contribution in [0.25, 0.3) is 0 Å². The van der Waals surface area contributed by atoms with Crippen molar-refractivity contribution in [3.63, 3.8) is 0 Å². The monoisotopic (exact) mass is 414 g/mol. The van der Waals surface area contributed by atoms with Crippen LogP contribution in [0.3, 0.4) is 0 Å². The molecule has 0 aromatic heterocycles. The number of methoxy groups -OCH3 is 1. The van der Waals surface area contributed by atoms with E-state index in [1.54, 1.807) is 30.3 Å². The van der Waals surface area contributed by atoms with E-state index in [0.717, 1.165) is 0 Å². The topological polar surface area (TPSA) is 99.7 Å². The van der Waals surface area contributed by atoms with Crippen molar-refractivity contribution in [3.05, 3.63) is 68.7 Å². The molecular formula is C20H19ClN4O4. The number of esters is 1. The first kappa shape index (κ1) is 20.6. The number of nitro benzene ring substituents is 1. The molecule has 0 spiro atoms. The van der Waals surface area contributed by atoms with Gasteiger partial charge in [0.2, 0.25) is 0 Å². The summed E-state index contributed by atoms with van der Waals surface area (Å²) >= 11 is 6.30. The Morgan fingerprint density at radius 2 is 1.93 bits per heavy atom. The molecule has 0 N–H and O–H groups in total. The Hall–Kier alpha value is -3.15. The zero-order valence-electron chi connectivity index (χ0n) is 15.7. The number of piperazine rings is 1. The summed E-state index contributed by atoms with van der Waals surface area (Å²) in [4.78, 5) is 27.3. The molecule has 0 radical (unpaired) electrons. The minimum absolute atomic E-state index is 0.104. The van der Waals surface area contributed by atoms with E-state index in [1.807, 2.05) is 21.9 Å². The second-order valence-corrected chi connectivity index (χ2v) is 6.95. The fourth-order valence-electron chi connectivity index (χ4n) is 3.51. The number of nitro groups is 1. The van der Waals surface area contributed by atoms with Crippen molar-refractivity contribution in [2.45, 2.75) is 6.04 Å². The lowest BCUT2D eigenvalue weighted by Crippen LogP contribution is -2.49. The molecule has 29 heavy (non-hydrogen) atoms. The highest BCUT2D eigenvalue weighted by Crippen LogP contribution is 2.33. The maximum atomic E-state index is 12.5. The summed E-state index contributed by atoms with van der Waals surface area (Å²) in [5.74, 6) is -0.407. The number of benzene rings is 2. The van der Waals surface area contributed by atoms with Crippen LogP contribution in [0.1, 0.15) is 17.2 Å². The number of anilines is 1. The highest BCUT2D eigenvalue weighted by Gasteiger charge is 2.33. The fourth-order valence-corrected chi connectivity index (χ4v) is 3.75. The van der Waals surface area contributed by atoms with Gasteiger partial charge in [0.25, 0.3) is 5.69 Å². The van der Waals surface area contributed by atoms with Crippen molar-refractivity contribution in [2.24, 2.45) is 0 Å². The van der Waals surface area contributed by atoms with Gasteiger partial charge in [-0.05, 0) is 23.8 Å². The van der Waals surface area contributed by atoms with Gasteiger partial charge < -0.3 is 9.64 Å². The summed E-state index contributed by atoms with van der Waals surface area (Å²) in [6, 6.07) is 12.8. The average molecular weight is 415 g/mol. The molecule has 0 aliphatic carbocycles. The van der Waals surface area contributed by atoms with Gasteiger partial charge in [0, 0.05) is 37.3 Å². The lowest BCUT2D eigenvalue weighted by Gasteiger charge is -2.39. The molecule has 1 fully saturated rings. The molecular weight excluding hydrogens is 396 g/mol. The van der Waals surface area contributed by atoms with Crippen LogP contribution in [0.5, 0.6) is 0 Å². The first-order valence-electron chi connectivity index (χ1n) is 8.96. The number of hydrogen-bond acceptors (Lipinski definition) is 7. The third-order valence-electron chi connectivity index (χ3n) is 4.95. The molecule has 9 heteroatoms. The molecule has 2 aromatic carbocycles. The molecule has 1 aliphatic heterocycles. The van der Waals surface area contributed by atoms with E-state index in [1.165, 1.54) is 13.2 Å². The maximum Gasteiger partial charge on any atom is 0.327 e. The normalized spacial score (nSPS) is 15.4. The van der Waals surface area contributed by atoms with Crippen molar-refractivity contribution in [1.82, 2.24) is 4.90 Å². The lowest BCUT2D eigenvalue weighted by atomic mass is 10.0. The Kier molecular flexibility index (Phi) is 6.32. The molecule has 2 aromatic rings. The number of nitrogens with zero attached hydrogens (tertiary/aromatic N) is 4. The van der Waals surface area contributed by atoms with Crippen molar-refractivity contribution >= 4 is 28.9 Å². The van der Waals surface area contributed by atoms with E-state index in [-0.39, 0.29) is 11.3 Å². The summed E-state index contributed by atoms with van der Waals surface area (Å²) in [6.45, 7) is 1.93. The van der Waals surface area contributed by atoms with Gasteiger partial charge in [-0.1, -0.05) is 29.8 Å². The van der Waals surface area contributed by atoms with Gasteiger partial charge in [0.05, 0.1) is 23.7 Å². The van der Waals surface area contributed by atoms with Crippen molar-refractivity contribution in [1.29, 1.82) is 5.26 Å². The van der Waals surface area contributed by atoms with E-state index in [2.05, 4.69) is 0 Å². The van der Waals surface area contributed by atoms with E-state index in [0.29, 0.717) is 42.5 Å². The number of halogens is 1. The molecule has 3 rings (SSSR count). The van der Waals surface area contributed by atoms with Crippen molar-refractivity contribution < 1.29 is 14.5 Å². The van der Waals surface area contributed by atoms with Gasteiger partial charge in [0.1, 0.15) is 11.7 Å². The minimum Gasteiger partial charge on any atom is -0.468 e. The van der Waals surface area contributed by atoms with Crippen LogP contribution in [0.2, 0.25) is 5.02 Å². The third kappa shape index (κ3) is 4.31. The summed E-state index contributed by atoms with van der Waals surface area (Å²) in [6.07, 6.45) is 0. The van der Waals surface area contributed by atoms with Gasteiger partial charge in [0.15, 0.2) is 0 Å². The van der Waals surface area contributed by atoms with Gasteiger partial charge in [-0.15, -0.1) is 0 Å². The number of ether oxygens (including phenoxy) is 1. The predicted molar refractivity (Wildman–Crippen MR) is 108 cm³/mol. The zero-order chi connectivity index (χ0) is 21.0. The first-order valence-corrected chi connectivity index (χ1v) is 9.34. The molecule has 0 bridgehead atoms. The Balaban J connectivity index is 1.82. The van der Waals surface area contributed by atoms with E-state index in [4.69, 9.17) is 21.6 Å². The van der Waals surface area contributed by atoms with E-state index in [9.17, 15) is 14.9 Å². The molecule has 150 valence electrons. The van der Waals surface area contributed by atoms with E-state index < -0.39 is 16.9 Å². The molecule has 1 heterocycles.